The number of aromatic nitrogens is 1. The number of hydrogen-bond acceptors (Lipinski definition) is 7. The molecule has 2 saturated heterocycles. The molecule has 2 aromatic rings. The molecule has 0 atom stereocenters. The van der Waals surface area contributed by atoms with Crippen LogP contribution in [0.2, 0.25) is 5.02 Å². The van der Waals surface area contributed by atoms with E-state index >= 15 is 0 Å². The first-order valence-corrected chi connectivity index (χ1v) is 11.6. The van der Waals surface area contributed by atoms with Crippen LogP contribution < -0.4 is 5.73 Å². The summed E-state index contributed by atoms with van der Waals surface area (Å²) in [5.41, 5.74) is 7.60. The SMILES string of the molecule is Nc1cc(CN2CCC(C(=O)N3CCN(Cc4ccc(Cl)cc4[N+](=O)[O-])CC3)CC2)ccn1. The lowest BCUT2D eigenvalue weighted by molar-refractivity contribution is -0.385. The Morgan fingerprint density at radius 2 is 1.76 bits per heavy atom. The number of halogens is 1. The molecule has 33 heavy (non-hydrogen) atoms. The monoisotopic (exact) mass is 472 g/mol. The van der Waals surface area contributed by atoms with Gasteiger partial charge in [-0.25, -0.2) is 4.98 Å². The average Bonchev–Trinajstić information content (AvgIpc) is 2.81. The van der Waals surface area contributed by atoms with Crippen LogP contribution in [0.5, 0.6) is 0 Å². The summed E-state index contributed by atoms with van der Waals surface area (Å²) in [6.45, 7) is 5.78. The molecular formula is C23H29ClN6O3. The minimum Gasteiger partial charge on any atom is -0.384 e. The van der Waals surface area contributed by atoms with E-state index in [2.05, 4.69) is 14.8 Å². The maximum atomic E-state index is 13.1. The van der Waals surface area contributed by atoms with Crippen molar-refractivity contribution >= 4 is 29.0 Å². The van der Waals surface area contributed by atoms with Crippen LogP contribution >= 0.6 is 11.6 Å². The summed E-state index contributed by atoms with van der Waals surface area (Å²) in [7, 11) is 0. The van der Waals surface area contributed by atoms with E-state index in [-0.39, 0.29) is 17.5 Å². The van der Waals surface area contributed by atoms with Gasteiger partial charge >= 0.3 is 0 Å². The van der Waals surface area contributed by atoms with Gasteiger partial charge in [-0.3, -0.25) is 24.7 Å². The molecule has 0 saturated carbocycles. The van der Waals surface area contributed by atoms with Gasteiger partial charge in [0.25, 0.3) is 5.69 Å². The van der Waals surface area contributed by atoms with Crippen molar-refractivity contribution in [2.24, 2.45) is 5.92 Å². The third kappa shape index (κ3) is 5.98. The summed E-state index contributed by atoms with van der Waals surface area (Å²) in [5, 5.41) is 11.7. The number of carbonyl (C=O) groups is 1. The number of nitrogen functional groups attached to an aromatic ring is 1. The highest BCUT2D eigenvalue weighted by molar-refractivity contribution is 6.30. The Labute approximate surface area is 198 Å². The number of rotatable bonds is 6. The molecule has 10 heteroatoms. The Hall–Kier alpha value is -2.75. The first-order chi connectivity index (χ1) is 15.9. The molecule has 9 nitrogen and oxygen atoms in total. The lowest BCUT2D eigenvalue weighted by Gasteiger charge is -2.38. The molecule has 3 heterocycles. The van der Waals surface area contributed by atoms with Gasteiger partial charge in [-0.2, -0.15) is 0 Å². The standard InChI is InChI=1S/C23H29ClN6O3/c24-20-2-1-19(21(14-20)30(32)33)16-28-9-11-29(12-10-28)23(31)18-4-7-27(8-5-18)15-17-3-6-26-22(25)13-17/h1-3,6,13-14,18H,4-5,7-12,15-16H2,(H2,25,26). The highest BCUT2D eigenvalue weighted by Crippen LogP contribution is 2.26. The van der Waals surface area contributed by atoms with Gasteiger partial charge in [0.2, 0.25) is 5.91 Å². The van der Waals surface area contributed by atoms with Crippen LogP contribution in [0.15, 0.2) is 36.5 Å². The number of carbonyl (C=O) groups excluding carboxylic acids is 1. The molecule has 0 radical (unpaired) electrons. The van der Waals surface area contributed by atoms with Gasteiger partial charge in [-0.15, -0.1) is 0 Å². The van der Waals surface area contributed by atoms with Crippen LogP contribution in [0.3, 0.4) is 0 Å². The van der Waals surface area contributed by atoms with Gasteiger partial charge in [0.15, 0.2) is 0 Å². The van der Waals surface area contributed by atoms with Crippen molar-refractivity contribution in [3.05, 3.63) is 62.8 Å². The Morgan fingerprint density at radius 1 is 1.06 bits per heavy atom. The summed E-state index contributed by atoms with van der Waals surface area (Å²) in [6, 6.07) is 8.67. The van der Waals surface area contributed by atoms with Crippen molar-refractivity contribution in [3.63, 3.8) is 0 Å². The van der Waals surface area contributed by atoms with Crippen molar-refractivity contribution in [2.75, 3.05) is 45.0 Å². The Balaban J connectivity index is 1.24. The Kier molecular flexibility index (Phi) is 7.42. The lowest BCUT2D eigenvalue weighted by Crippen LogP contribution is -2.51. The molecule has 4 rings (SSSR count). The van der Waals surface area contributed by atoms with E-state index in [1.807, 2.05) is 17.0 Å². The van der Waals surface area contributed by atoms with Gasteiger partial charge in [0, 0.05) is 68.0 Å². The van der Waals surface area contributed by atoms with E-state index < -0.39 is 4.92 Å². The fraction of sp³-hybridized carbons (Fsp3) is 0.478. The molecule has 2 aliphatic rings. The number of nitrogens with two attached hydrogens (primary N) is 1. The van der Waals surface area contributed by atoms with Crippen LogP contribution in [0.4, 0.5) is 11.5 Å². The molecule has 1 aromatic carbocycles. The number of piperidine rings is 1. The Bertz CT molecular complexity index is 1000. The molecule has 0 bridgehead atoms. The van der Waals surface area contributed by atoms with E-state index in [9.17, 15) is 14.9 Å². The van der Waals surface area contributed by atoms with Gasteiger partial charge in [-0.05, 0) is 55.8 Å². The van der Waals surface area contributed by atoms with Crippen molar-refractivity contribution in [2.45, 2.75) is 25.9 Å². The zero-order valence-electron chi connectivity index (χ0n) is 18.5. The third-order valence-electron chi connectivity index (χ3n) is 6.51. The predicted molar refractivity (Wildman–Crippen MR) is 127 cm³/mol. The highest BCUT2D eigenvalue weighted by atomic mass is 35.5. The smallest absolute Gasteiger partial charge is 0.275 e. The predicted octanol–water partition coefficient (Wildman–Crippen LogP) is 2.78. The van der Waals surface area contributed by atoms with Crippen LogP contribution in [0.1, 0.15) is 24.0 Å². The zero-order valence-corrected chi connectivity index (χ0v) is 19.3. The normalized spacial score (nSPS) is 18.4. The molecule has 176 valence electrons. The maximum absolute atomic E-state index is 13.1. The number of amides is 1. The van der Waals surface area contributed by atoms with E-state index in [1.54, 1.807) is 18.3 Å². The van der Waals surface area contributed by atoms with Crippen molar-refractivity contribution < 1.29 is 9.72 Å². The largest absolute Gasteiger partial charge is 0.384 e. The first kappa shape index (κ1) is 23.4. The van der Waals surface area contributed by atoms with Crippen LogP contribution in [0, 0.1) is 16.0 Å². The highest BCUT2D eigenvalue weighted by Gasteiger charge is 2.31. The second kappa shape index (κ2) is 10.5. The van der Waals surface area contributed by atoms with Gasteiger partial charge in [0.05, 0.1) is 4.92 Å². The van der Waals surface area contributed by atoms with E-state index in [0.29, 0.717) is 49.1 Å². The number of nitro benzene ring substituents is 1. The number of nitro groups is 1. The number of nitrogens with zero attached hydrogens (tertiary/aromatic N) is 5. The Morgan fingerprint density at radius 3 is 2.42 bits per heavy atom. The fourth-order valence-electron chi connectivity index (χ4n) is 4.66. The summed E-state index contributed by atoms with van der Waals surface area (Å²) in [5.74, 6) is 0.829. The second-order valence-electron chi connectivity index (χ2n) is 8.77. The summed E-state index contributed by atoms with van der Waals surface area (Å²) in [6.07, 6.45) is 3.44. The number of benzene rings is 1. The van der Waals surface area contributed by atoms with Crippen LogP contribution in [-0.2, 0) is 17.9 Å². The quantitative estimate of drug-likeness (QED) is 0.508. The third-order valence-corrected chi connectivity index (χ3v) is 6.75. The fourth-order valence-corrected chi connectivity index (χ4v) is 4.82. The second-order valence-corrected chi connectivity index (χ2v) is 9.21. The number of piperazine rings is 1. The molecule has 2 aliphatic heterocycles. The van der Waals surface area contributed by atoms with E-state index in [4.69, 9.17) is 17.3 Å². The minimum atomic E-state index is -0.392. The lowest BCUT2D eigenvalue weighted by atomic mass is 9.94. The van der Waals surface area contributed by atoms with Crippen molar-refractivity contribution in [1.29, 1.82) is 0 Å². The minimum absolute atomic E-state index is 0.0437. The topological polar surface area (TPSA) is 109 Å². The van der Waals surface area contributed by atoms with Crippen molar-refractivity contribution in [1.82, 2.24) is 19.7 Å². The molecule has 0 unspecified atom stereocenters. The zero-order chi connectivity index (χ0) is 23.4. The number of likely N-dealkylation sites (tertiary alicyclic amines) is 1. The molecule has 2 N–H and O–H groups in total. The van der Waals surface area contributed by atoms with E-state index in [0.717, 1.165) is 38.0 Å². The average molecular weight is 473 g/mol. The molecule has 1 amide bonds. The van der Waals surface area contributed by atoms with Crippen LogP contribution in [0.25, 0.3) is 0 Å². The molecule has 0 spiro atoms. The van der Waals surface area contributed by atoms with Gasteiger partial charge < -0.3 is 10.6 Å². The summed E-state index contributed by atoms with van der Waals surface area (Å²) in [4.78, 5) is 34.5. The summed E-state index contributed by atoms with van der Waals surface area (Å²) < 4.78 is 0. The van der Waals surface area contributed by atoms with E-state index in [1.165, 1.54) is 6.07 Å². The maximum Gasteiger partial charge on any atom is 0.275 e. The molecule has 1 aromatic heterocycles. The number of pyridine rings is 1. The number of anilines is 1. The molecule has 0 aliphatic carbocycles. The first-order valence-electron chi connectivity index (χ1n) is 11.3. The van der Waals surface area contributed by atoms with Crippen LogP contribution in [-0.4, -0.2) is 69.8 Å². The van der Waals surface area contributed by atoms with Gasteiger partial charge in [0.1, 0.15) is 5.82 Å². The van der Waals surface area contributed by atoms with Gasteiger partial charge in [-0.1, -0.05) is 11.6 Å². The summed E-state index contributed by atoms with van der Waals surface area (Å²) >= 11 is 5.91. The van der Waals surface area contributed by atoms with Crippen molar-refractivity contribution in [3.8, 4) is 0 Å². The molecule has 2 fully saturated rings. The number of hydrogen-bond donors (Lipinski definition) is 1. The molecular weight excluding hydrogens is 444 g/mol.